The summed E-state index contributed by atoms with van der Waals surface area (Å²) in [4.78, 5) is 17.2. The van der Waals surface area contributed by atoms with Crippen molar-refractivity contribution in [3.63, 3.8) is 0 Å². The lowest BCUT2D eigenvalue weighted by molar-refractivity contribution is -0.141. The Bertz CT molecular complexity index is 852. The summed E-state index contributed by atoms with van der Waals surface area (Å²) in [6.07, 6.45) is -5.63. The number of rotatable bonds is 5. The van der Waals surface area contributed by atoms with Gasteiger partial charge in [-0.25, -0.2) is 18.4 Å². The summed E-state index contributed by atoms with van der Waals surface area (Å²) in [5.41, 5.74) is -1.35. The van der Waals surface area contributed by atoms with Gasteiger partial charge in [-0.1, -0.05) is 30.3 Å². The van der Waals surface area contributed by atoms with E-state index >= 15 is 0 Å². The summed E-state index contributed by atoms with van der Waals surface area (Å²) < 4.78 is 63.0. The minimum absolute atomic E-state index is 0.216. The SMILES string of the molecule is O=C(O)CCS(=O)(=O)c1nc(-c2ccccc2)cc(C(F)(F)F)n1. The largest absolute Gasteiger partial charge is 0.481 e. The first-order valence-electron chi connectivity index (χ1n) is 6.56. The molecule has 1 N–H and O–H groups in total. The van der Waals surface area contributed by atoms with Crippen LogP contribution < -0.4 is 0 Å². The van der Waals surface area contributed by atoms with Crippen molar-refractivity contribution in [2.75, 3.05) is 5.75 Å². The van der Waals surface area contributed by atoms with Crippen molar-refractivity contribution in [2.45, 2.75) is 17.8 Å². The third kappa shape index (κ3) is 4.28. The second-order valence-electron chi connectivity index (χ2n) is 4.75. The Morgan fingerprint density at radius 2 is 1.75 bits per heavy atom. The van der Waals surface area contributed by atoms with Crippen LogP contribution in [-0.2, 0) is 20.8 Å². The molecule has 1 heterocycles. The molecule has 2 aromatic rings. The van der Waals surface area contributed by atoms with Crippen LogP contribution in [0.1, 0.15) is 12.1 Å². The highest BCUT2D eigenvalue weighted by Gasteiger charge is 2.35. The standard InChI is InChI=1S/C14H11F3N2O4S/c15-14(16,17)11-8-10(9-4-2-1-3-5-9)18-13(19-11)24(22,23)7-6-12(20)21/h1-5,8H,6-7H2,(H,20,21). The van der Waals surface area contributed by atoms with Crippen LogP contribution in [0, 0.1) is 0 Å². The molecule has 0 bridgehead atoms. The molecule has 2 rings (SSSR count). The molecule has 1 aromatic carbocycles. The van der Waals surface area contributed by atoms with Crippen molar-refractivity contribution < 1.29 is 31.5 Å². The fraction of sp³-hybridized carbons (Fsp3) is 0.214. The van der Waals surface area contributed by atoms with Crippen LogP contribution in [0.25, 0.3) is 11.3 Å². The van der Waals surface area contributed by atoms with Gasteiger partial charge < -0.3 is 5.11 Å². The average molecular weight is 360 g/mol. The Balaban J connectivity index is 2.58. The van der Waals surface area contributed by atoms with Crippen LogP contribution in [0.3, 0.4) is 0 Å². The van der Waals surface area contributed by atoms with Gasteiger partial charge in [0.25, 0.3) is 0 Å². The highest BCUT2D eigenvalue weighted by molar-refractivity contribution is 7.91. The van der Waals surface area contributed by atoms with E-state index in [-0.39, 0.29) is 11.3 Å². The van der Waals surface area contributed by atoms with E-state index in [1.54, 1.807) is 18.2 Å². The smallest absolute Gasteiger partial charge is 0.433 e. The summed E-state index contributed by atoms with van der Waals surface area (Å²) in [7, 11) is -4.37. The second-order valence-corrected chi connectivity index (χ2v) is 6.75. The number of carboxylic acids is 1. The monoisotopic (exact) mass is 360 g/mol. The fourth-order valence-electron chi connectivity index (χ4n) is 1.78. The number of aromatic nitrogens is 2. The zero-order chi connectivity index (χ0) is 18.0. The van der Waals surface area contributed by atoms with Gasteiger partial charge in [0, 0.05) is 5.56 Å². The molecular formula is C14H11F3N2O4S. The van der Waals surface area contributed by atoms with Gasteiger partial charge in [0.1, 0.15) is 5.69 Å². The van der Waals surface area contributed by atoms with Crippen LogP contribution in [0.4, 0.5) is 13.2 Å². The predicted molar refractivity (Wildman–Crippen MR) is 76.8 cm³/mol. The maximum Gasteiger partial charge on any atom is 0.433 e. The molecule has 0 spiro atoms. The summed E-state index contributed by atoms with van der Waals surface area (Å²) in [5.74, 6) is -2.29. The number of nitrogens with zero attached hydrogens (tertiary/aromatic N) is 2. The molecule has 128 valence electrons. The van der Waals surface area contributed by atoms with E-state index in [1.807, 2.05) is 0 Å². The highest BCUT2D eigenvalue weighted by Crippen LogP contribution is 2.31. The summed E-state index contributed by atoms with van der Waals surface area (Å²) in [6, 6.07) is 8.34. The number of sulfone groups is 1. The topological polar surface area (TPSA) is 97.2 Å². The lowest BCUT2D eigenvalue weighted by Gasteiger charge is -2.10. The van der Waals surface area contributed by atoms with Crippen molar-refractivity contribution in [1.29, 1.82) is 0 Å². The molecule has 1 aromatic heterocycles. The van der Waals surface area contributed by atoms with Gasteiger partial charge in [-0.2, -0.15) is 13.2 Å². The molecule has 0 fully saturated rings. The Morgan fingerprint density at radius 3 is 2.29 bits per heavy atom. The highest BCUT2D eigenvalue weighted by atomic mass is 32.2. The third-order valence-corrected chi connectivity index (χ3v) is 4.41. The average Bonchev–Trinajstić information content (AvgIpc) is 2.52. The normalized spacial score (nSPS) is 12.1. The van der Waals surface area contributed by atoms with Crippen LogP contribution in [0.15, 0.2) is 41.6 Å². The molecule has 0 saturated heterocycles. The van der Waals surface area contributed by atoms with E-state index in [4.69, 9.17) is 5.11 Å². The van der Waals surface area contributed by atoms with Crippen LogP contribution in [-0.4, -0.2) is 35.2 Å². The molecule has 0 radical (unpaired) electrons. The minimum Gasteiger partial charge on any atom is -0.481 e. The van der Waals surface area contributed by atoms with Gasteiger partial charge in [0.2, 0.25) is 15.0 Å². The molecule has 0 aliphatic carbocycles. The van der Waals surface area contributed by atoms with Crippen molar-refractivity contribution in [2.24, 2.45) is 0 Å². The van der Waals surface area contributed by atoms with E-state index in [0.29, 0.717) is 6.07 Å². The molecule has 0 aliphatic heterocycles. The lowest BCUT2D eigenvalue weighted by Crippen LogP contribution is -2.18. The number of aliphatic carboxylic acids is 1. The first-order valence-corrected chi connectivity index (χ1v) is 8.21. The third-order valence-electron chi connectivity index (χ3n) is 2.93. The van der Waals surface area contributed by atoms with Gasteiger partial charge in [-0.15, -0.1) is 0 Å². The number of carbonyl (C=O) groups is 1. The lowest BCUT2D eigenvalue weighted by atomic mass is 10.1. The number of halogens is 3. The maximum atomic E-state index is 13.0. The zero-order valence-corrected chi connectivity index (χ0v) is 12.8. The number of hydrogen-bond donors (Lipinski definition) is 1. The van der Waals surface area contributed by atoms with Gasteiger partial charge >= 0.3 is 12.1 Å². The molecule has 0 aliphatic rings. The molecule has 0 amide bonds. The molecule has 10 heteroatoms. The minimum atomic E-state index is -4.87. The van der Waals surface area contributed by atoms with E-state index in [9.17, 15) is 26.4 Å². The predicted octanol–water partition coefficient (Wildman–Crippen LogP) is 2.41. The Morgan fingerprint density at radius 1 is 1.12 bits per heavy atom. The molecule has 0 unspecified atom stereocenters. The molecule has 24 heavy (non-hydrogen) atoms. The molecule has 0 atom stereocenters. The molecule has 0 saturated carbocycles. The summed E-state index contributed by atoms with van der Waals surface area (Å²) >= 11 is 0. The first-order chi connectivity index (χ1) is 11.1. The summed E-state index contributed by atoms with van der Waals surface area (Å²) in [5, 5.41) is 7.51. The second kappa shape index (κ2) is 6.56. The summed E-state index contributed by atoms with van der Waals surface area (Å²) in [6.45, 7) is 0. The number of carboxylic acid groups (broad SMARTS) is 1. The number of benzene rings is 1. The Kier molecular flexibility index (Phi) is 4.88. The van der Waals surface area contributed by atoms with Crippen molar-refractivity contribution in [1.82, 2.24) is 9.97 Å². The zero-order valence-electron chi connectivity index (χ0n) is 12.0. The quantitative estimate of drug-likeness (QED) is 0.823. The van der Waals surface area contributed by atoms with Crippen LogP contribution in [0.5, 0.6) is 0 Å². The van der Waals surface area contributed by atoms with Crippen molar-refractivity contribution in [3.8, 4) is 11.3 Å². The van der Waals surface area contributed by atoms with Crippen LogP contribution >= 0.6 is 0 Å². The first kappa shape index (κ1) is 17.9. The van der Waals surface area contributed by atoms with Crippen molar-refractivity contribution in [3.05, 3.63) is 42.1 Å². The van der Waals surface area contributed by atoms with Crippen molar-refractivity contribution >= 4 is 15.8 Å². The van der Waals surface area contributed by atoms with Gasteiger partial charge in [0.05, 0.1) is 17.9 Å². The van der Waals surface area contributed by atoms with Crippen LogP contribution in [0.2, 0.25) is 0 Å². The van der Waals surface area contributed by atoms with Gasteiger partial charge in [0.15, 0.2) is 0 Å². The van der Waals surface area contributed by atoms with E-state index in [0.717, 1.165) is 0 Å². The van der Waals surface area contributed by atoms with E-state index < -0.39 is 45.0 Å². The number of alkyl halides is 3. The Hall–Kier alpha value is -2.49. The van der Waals surface area contributed by atoms with Gasteiger partial charge in [-0.3, -0.25) is 4.79 Å². The fourth-order valence-corrected chi connectivity index (χ4v) is 2.88. The van der Waals surface area contributed by atoms with E-state index in [2.05, 4.69) is 9.97 Å². The maximum absolute atomic E-state index is 13.0. The number of hydrogen-bond acceptors (Lipinski definition) is 5. The Labute approximate surface area is 134 Å². The molecule has 6 nitrogen and oxygen atoms in total. The van der Waals surface area contributed by atoms with E-state index in [1.165, 1.54) is 12.1 Å². The molecular weight excluding hydrogens is 349 g/mol. The van der Waals surface area contributed by atoms with Gasteiger partial charge in [-0.05, 0) is 6.07 Å².